The molecule has 0 aliphatic carbocycles. The lowest BCUT2D eigenvalue weighted by Gasteiger charge is -2.27. The summed E-state index contributed by atoms with van der Waals surface area (Å²) in [4.78, 5) is 2.57. The zero-order chi connectivity index (χ0) is 43.8. The van der Waals surface area contributed by atoms with Crippen molar-refractivity contribution >= 4 is 58.3 Å². The summed E-state index contributed by atoms with van der Waals surface area (Å²) in [6, 6.07) is 27.0. The Hall–Kier alpha value is -4.43. The number of halogens is 6. The molecule has 0 N–H and O–H groups in total. The van der Waals surface area contributed by atoms with Crippen LogP contribution in [0.5, 0.6) is 0 Å². The highest BCUT2D eigenvalue weighted by atomic mass is 32.3. The Bertz CT molecular complexity index is 2520. The highest BCUT2D eigenvalue weighted by Crippen LogP contribution is 2.51. The average Bonchev–Trinajstić information content (AvgIpc) is 3.53. The zero-order valence-corrected chi connectivity index (χ0v) is 35.8. The molecule has 6 nitrogen and oxygen atoms in total. The summed E-state index contributed by atoms with van der Waals surface area (Å²) in [5.74, 6) is 0. The molecule has 0 amide bonds. The van der Waals surface area contributed by atoms with Crippen LogP contribution < -0.4 is 4.90 Å². The molecule has 0 saturated carbocycles. The first-order valence-corrected chi connectivity index (χ1v) is 22.4. The van der Waals surface area contributed by atoms with Gasteiger partial charge in [0, 0.05) is 47.5 Å². The zero-order valence-electron chi connectivity index (χ0n) is 34.2. The van der Waals surface area contributed by atoms with Crippen LogP contribution in [0.3, 0.4) is 0 Å². The number of anilines is 1. The number of hydrogen-bond acceptors (Lipinski definition) is 5. The largest absolute Gasteiger partial charge is 0.469 e. The van der Waals surface area contributed by atoms with Crippen LogP contribution in [0.25, 0.3) is 21.5 Å². The quantitative estimate of drug-likeness (QED) is 0.0649. The molecule has 0 bridgehead atoms. The Balaban J connectivity index is 0.000000399. The monoisotopic (exact) mass is 876 g/mol. The average molecular weight is 877 g/mol. The summed E-state index contributed by atoms with van der Waals surface area (Å²) in [5, 5.41) is 5.39. The van der Waals surface area contributed by atoms with E-state index in [-0.39, 0.29) is 25.2 Å². The Morgan fingerprint density at radius 2 is 1.20 bits per heavy atom. The van der Waals surface area contributed by atoms with Gasteiger partial charge >= 0.3 is 11.0 Å². The summed E-state index contributed by atoms with van der Waals surface area (Å²) >= 11 is 0. The minimum absolute atomic E-state index is 0. The maximum atomic E-state index is 11.8. The molecule has 2 aliphatic rings. The molecule has 4 aromatic rings. The van der Waals surface area contributed by atoms with Crippen LogP contribution >= 0.6 is 0 Å². The molecule has 0 saturated heterocycles. The standard InChI is InChI=1S/C41H47N2.C4H3F6O4S2.CH4/c1-7-9-28-42-34-26-24-30-18-14-16-20-32(30)38(34)40(3,4)36(42)22-12-11-13-23-37-41(5,6)39-33-21-17-15-19-31(33)25-27-35(39)43(37)29-10-8-2;1-2(15(11,12)3(5,6)7)16(13,14)4(8,9)10;/h11-27H,7-10,28-29H2,1-6H3;1H3;1H4/q+1;-1;. The first-order valence-electron chi connectivity index (χ1n) is 19.4. The molecule has 6 rings (SSSR count). The van der Waals surface area contributed by atoms with Gasteiger partial charge in [-0.2, -0.15) is 37.8 Å². The number of alkyl halides is 6. The van der Waals surface area contributed by atoms with Gasteiger partial charge in [0.1, 0.15) is 26.2 Å². The number of nitrogens with zero attached hydrogens (tertiary/aromatic N) is 2. The van der Waals surface area contributed by atoms with Crippen LogP contribution in [-0.2, 0) is 30.5 Å². The van der Waals surface area contributed by atoms with Crippen molar-refractivity contribution in [2.75, 3.05) is 18.0 Å². The van der Waals surface area contributed by atoms with Gasteiger partial charge in [-0.15, -0.1) is 0 Å². The van der Waals surface area contributed by atoms with Crippen molar-refractivity contribution in [2.45, 2.75) is 103 Å². The molecule has 0 atom stereocenters. The van der Waals surface area contributed by atoms with E-state index in [1.54, 1.807) is 0 Å². The van der Waals surface area contributed by atoms with Crippen molar-refractivity contribution in [2.24, 2.45) is 0 Å². The van der Waals surface area contributed by atoms with E-state index < -0.39 is 35.3 Å². The first-order chi connectivity index (χ1) is 27.5. The molecule has 2 heterocycles. The van der Waals surface area contributed by atoms with E-state index in [9.17, 15) is 43.2 Å². The third kappa shape index (κ3) is 8.82. The van der Waals surface area contributed by atoms with Crippen molar-refractivity contribution in [1.82, 2.24) is 0 Å². The van der Waals surface area contributed by atoms with E-state index in [2.05, 4.69) is 154 Å². The normalized spacial score (nSPS) is 17.2. The number of unbranched alkanes of at least 4 members (excludes halogenated alkanes) is 2. The van der Waals surface area contributed by atoms with Gasteiger partial charge < -0.3 is 4.90 Å². The second kappa shape index (κ2) is 17.9. The van der Waals surface area contributed by atoms with Crippen LogP contribution in [0.4, 0.5) is 37.7 Å². The van der Waals surface area contributed by atoms with Crippen molar-refractivity contribution in [3.63, 3.8) is 0 Å². The maximum absolute atomic E-state index is 11.8. The molecule has 0 radical (unpaired) electrons. The lowest BCUT2D eigenvalue weighted by atomic mass is 9.79. The predicted octanol–water partition coefficient (Wildman–Crippen LogP) is 12.8. The Kier molecular flexibility index (Phi) is 14.4. The minimum Gasteiger partial charge on any atom is -0.344 e. The van der Waals surface area contributed by atoms with Gasteiger partial charge in [0.05, 0.1) is 5.41 Å². The summed E-state index contributed by atoms with van der Waals surface area (Å²) < 4.78 is 112. The van der Waals surface area contributed by atoms with Crippen LogP contribution in [0, 0.1) is 4.58 Å². The number of rotatable bonds is 11. The second-order valence-electron chi connectivity index (χ2n) is 15.7. The molecule has 0 fully saturated rings. The molecule has 326 valence electrons. The van der Waals surface area contributed by atoms with Crippen LogP contribution in [0.2, 0.25) is 0 Å². The van der Waals surface area contributed by atoms with E-state index in [4.69, 9.17) is 0 Å². The van der Waals surface area contributed by atoms with E-state index in [0.29, 0.717) is 0 Å². The van der Waals surface area contributed by atoms with Crippen LogP contribution in [-0.4, -0.2) is 51.2 Å². The topological polar surface area (TPSA) is 74.5 Å². The lowest BCUT2D eigenvalue weighted by Crippen LogP contribution is -2.37. The van der Waals surface area contributed by atoms with Gasteiger partial charge in [0.2, 0.25) is 5.69 Å². The van der Waals surface area contributed by atoms with Gasteiger partial charge in [-0.1, -0.05) is 125 Å². The van der Waals surface area contributed by atoms with Crippen LogP contribution in [0.15, 0.2) is 109 Å². The smallest absolute Gasteiger partial charge is 0.344 e. The maximum Gasteiger partial charge on any atom is 0.469 e. The molecule has 0 unspecified atom stereocenters. The van der Waals surface area contributed by atoms with Gasteiger partial charge in [-0.3, -0.25) is 16.8 Å². The number of benzene rings is 4. The van der Waals surface area contributed by atoms with E-state index in [1.165, 1.54) is 81.1 Å². The summed E-state index contributed by atoms with van der Waals surface area (Å²) in [6.45, 7) is 16.0. The molecule has 60 heavy (non-hydrogen) atoms. The predicted molar refractivity (Wildman–Crippen MR) is 233 cm³/mol. The molecule has 14 heteroatoms. The molecule has 2 aliphatic heterocycles. The fraction of sp³-hybridized carbons (Fsp3) is 0.391. The van der Waals surface area contributed by atoms with Crippen LogP contribution in [0.1, 0.15) is 92.7 Å². The fourth-order valence-electron chi connectivity index (χ4n) is 8.01. The van der Waals surface area contributed by atoms with E-state index in [1.807, 2.05) is 0 Å². The summed E-state index contributed by atoms with van der Waals surface area (Å²) in [6.07, 6.45) is 16.2. The number of sulfone groups is 2. The minimum atomic E-state index is -6.51. The van der Waals surface area contributed by atoms with Crippen molar-refractivity contribution < 1.29 is 47.8 Å². The second-order valence-corrected chi connectivity index (χ2v) is 20.1. The van der Waals surface area contributed by atoms with Crippen molar-refractivity contribution in [3.8, 4) is 0 Å². The van der Waals surface area contributed by atoms with E-state index >= 15 is 0 Å². The lowest BCUT2D eigenvalue weighted by molar-refractivity contribution is -0.438. The Morgan fingerprint density at radius 3 is 1.73 bits per heavy atom. The third-order valence-electron chi connectivity index (χ3n) is 11.1. The molecular weight excluding hydrogens is 823 g/mol. The molecular formula is C46H54F6N2O4S2. The summed E-state index contributed by atoms with van der Waals surface area (Å²) in [5.41, 5.74) is -3.93. The third-order valence-corrected chi connectivity index (χ3v) is 15.1. The first kappa shape index (κ1) is 48.2. The van der Waals surface area contributed by atoms with Gasteiger partial charge in [-0.25, -0.2) is 0 Å². The fourth-order valence-corrected chi connectivity index (χ4v) is 10.4. The number of hydrogen-bond donors (Lipinski definition) is 0. The van der Waals surface area contributed by atoms with Gasteiger partial charge in [0.15, 0.2) is 5.71 Å². The number of fused-ring (bicyclic) bond motifs is 6. The van der Waals surface area contributed by atoms with Gasteiger partial charge in [0.25, 0.3) is 0 Å². The molecule has 0 spiro atoms. The highest BCUT2D eigenvalue weighted by molar-refractivity contribution is 8.13. The summed E-state index contributed by atoms with van der Waals surface area (Å²) in [7, 11) is -13.0. The SMILES string of the molecule is C.CCCCN1/C(=C/C=C/C=C/C2=[N+](CCCC)c3ccc4ccccc4c3C2(C)C)C(C)(C)c2c1ccc1ccccc21.C[C-](S(=O)(=O)C(F)(F)F)S(=O)(=O)C(F)(F)F. The van der Waals surface area contributed by atoms with E-state index in [0.717, 1.165) is 13.1 Å². The van der Waals surface area contributed by atoms with Crippen molar-refractivity contribution in [3.05, 3.63) is 125 Å². The highest BCUT2D eigenvalue weighted by Gasteiger charge is 2.52. The molecule has 4 aromatic carbocycles. The van der Waals surface area contributed by atoms with Gasteiger partial charge in [-0.05, 0) is 65.6 Å². The number of allylic oxidation sites excluding steroid dienone is 6. The Labute approximate surface area is 350 Å². The molecule has 0 aromatic heterocycles. The Morgan fingerprint density at radius 1 is 0.683 bits per heavy atom. The van der Waals surface area contributed by atoms with Crippen molar-refractivity contribution in [1.29, 1.82) is 0 Å².